The second kappa shape index (κ2) is 7.44. The van der Waals surface area contributed by atoms with Crippen molar-refractivity contribution in [3.63, 3.8) is 0 Å². The summed E-state index contributed by atoms with van der Waals surface area (Å²) >= 11 is 3.32. The normalized spacial score (nSPS) is 15.6. The number of hydrogen-bond acceptors (Lipinski definition) is 3. The Morgan fingerprint density at radius 3 is 2.43 bits per heavy atom. The smallest absolute Gasteiger partial charge is 0.276 e. The predicted molar refractivity (Wildman–Crippen MR) is 107 cm³/mol. The van der Waals surface area contributed by atoms with E-state index in [9.17, 15) is 14.0 Å². The number of rotatable bonds is 3. The summed E-state index contributed by atoms with van der Waals surface area (Å²) in [6, 6.07) is 19.8. The Kier molecular flexibility index (Phi) is 4.83. The number of anilines is 1. The van der Waals surface area contributed by atoms with Gasteiger partial charge in [0.25, 0.3) is 11.8 Å². The van der Waals surface area contributed by atoms with Gasteiger partial charge in [0.2, 0.25) is 0 Å². The number of para-hydroxylation sites is 1. The minimum absolute atomic E-state index is 0.251. The molecular formula is C21H15BrFN3O2. The highest BCUT2D eigenvalue weighted by Gasteiger charge is 2.35. The SMILES string of the molecule is O=C(NN1C(=O)c2ccccc2N[C@H]1c1ccccc1F)c1ccc(Br)cc1. The molecule has 1 aliphatic rings. The summed E-state index contributed by atoms with van der Waals surface area (Å²) in [5.41, 5.74) is 4.22. The third-order valence-corrected chi connectivity index (χ3v) is 4.98. The fraction of sp³-hybridized carbons (Fsp3) is 0.0476. The van der Waals surface area contributed by atoms with E-state index in [0.29, 0.717) is 16.8 Å². The molecule has 0 aromatic heterocycles. The zero-order chi connectivity index (χ0) is 19.7. The van der Waals surface area contributed by atoms with Gasteiger partial charge in [0.15, 0.2) is 6.17 Å². The van der Waals surface area contributed by atoms with Gasteiger partial charge in [-0.25, -0.2) is 9.40 Å². The fourth-order valence-corrected chi connectivity index (χ4v) is 3.32. The van der Waals surface area contributed by atoms with E-state index in [1.165, 1.54) is 6.07 Å². The number of nitrogens with zero attached hydrogens (tertiary/aromatic N) is 1. The Labute approximate surface area is 169 Å². The molecular weight excluding hydrogens is 425 g/mol. The van der Waals surface area contributed by atoms with Crippen molar-refractivity contribution in [1.82, 2.24) is 10.4 Å². The van der Waals surface area contributed by atoms with Gasteiger partial charge in [0, 0.05) is 21.3 Å². The third-order valence-electron chi connectivity index (χ3n) is 4.45. The number of hydrogen-bond donors (Lipinski definition) is 2. The van der Waals surface area contributed by atoms with Crippen LogP contribution in [0.4, 0.5) is 10.1 Å². The number of fused-ring (bicyclic) bond motifs is 1. The molecule has 1 atom stereocenters. The van der Waals surface area contributed by atoms with Crippen LogP contribution >= 0.6 is 15.9 Å². The number of benzene rings is 3. The molecule has 0 saturated heterocycles. The zero-order valence-electron chi connectivity index (χ0n) is 14.5. The van der Waals surface area contributed by atoms with Crippen LogP contribution in [0.3, 0.4) is 0 Å². The molecule has 5 nitrogen and oxygen atoms in total. The van der Waals surface area contributed by atoms with Crippen LogP contribution in [0.5, 0.6) is 0 Å². The quantitative estimate of drug-likeness (QED) is 0.631. The van der Waals surface area contributed by atoms with E-state index < -0.39 is 23.8 Å². The first-order chi connectivity index (χ1) is 13.5. The number of nitrogens with one attached hydrogen (secondary N) is 2. The largest absolute Gasteiger partial charge is 0.359 e. The van der Waals surface area contributed by atoms with Crippen LogP contribution in [-0.2, 0) is 0 Å². The van der Waals surface area contributed by atoms with E-state index in [1.807, 2.05) is 0 Å². The molecule has 3 aromatic carbocycles. The van der Waals surface area contributed by atoms with Crippen LogP contribution in [0, 0.1) is 5.82 Å². The second-order valence-corrected chi connectivity index (χ2v) is 7.15. The topological polar surface area (TPSA) is 61.4 Å². The fourth-order valence-electron chi connectivity index (χ4n) is 3.06. The summed E-state index contributed by atoms with van der Waals surface area (Å²) in [7, 11) is 0. The standard InChI is InChI=1S/C21H15BrFN3O2/c22-14-11-9-13(10-12-14)20(27)25-26-19(15-5-1-3-7-17(15)23)24-18-8-4-2-6-16(18)21(26)28/h1-12,19,24H,(H,25,27)/t19-/m1/s1. The van der Waals surface area contributed by atoms with Gasteiger partial charge in [-0.05, 0) is 42.5 Å². The van der Waals surface area contributed by atoms with Crippen molar-refractivity contribution in [3.05, 3.63) is 99.8 Å². The highest BCUT2D eigenvalue weighted by Crippen LogP contribution is 2.32. The van der Waals surface area contributed by atoms with Crippen molar-refractivity contribution >= 4 is 33.4 Å². The Balaban J connectivity index is 1.72. The number of carbonyl (C=O) groups is 2. The maximum Gasteiger partial charge on any atom is 0.276 e. The van der Waals surface area contributed by atoms with Crippen LogP contribution in [0.25, 0.3) is 0 Å². The molecule has 1 aliphatic heterocycles. The number of amides is 2. The monoisotopic (exact) mass is 439 g/mol. The molecule has 0 fully saturated rings. The Morgan fingerprint density at radius 2 is 1.68 bits per heavy atom. The van der Waals surface area contributed by atoms with Crippen molar-refractivity contribution < 1.29 is 14.0 Å². The molecule has 0 aliphatic carbocycles. The average molecular weight is 440 g/mol. The second-order valence-electron chi connectivity index (χ2n) is 6.24. The Bertz CT molecular complexity index is 1060. The van der Waals surface area contributed by atoms with E-state index in [1.54, 1.807) is 66.7 Å². The van der Waals surface area contributed by atoms with Crippen molar-refractivity contribution in [2.24, 2.45) is 0 Å². The lowest BCUT2D eigenvalue weighted by Gasteiger charge is -2.37. The first-order valence-corrected chi connectivity index (χ1v) is 9.34. The van der Waals surface area contributed by atoms with Crippen LogP contribution < -0.4 is 10.7 Å². The minimum Gasteiger partial charge on any atom is -0.359 e. The number of carbonyl (C=O) groups excluding carboxylic acids is 2. The Morgan fingerprint density at radius 1 is 1.00 bits per heavy atom. The van der Waals surface area contributed by atoms with E-state index in [-0.39, 0.29) is 5.56 Å². The zero-order valence-corrected chi connectivity index (χ0v) is 16.1. The van der Waals surface area contributed by atoms with E-state index in [2.05, 4.69) is 26.7 Å². The van der Waals surface area contributed by atoms with Gasteiger partial charge in [0.1, 0.15) is 5.82 Å². The molecule has 28 heavy (non-hydrogen) atoms. The highest BCUT2D eigenvalue weighted by molar-refractivity contribution is 9.10. The van der Waals surface area contributed by atoms with E-state index >= 15 is 0 Å². The molecule has 4 rings (SSSR count). The summed E-state index contributed by atoms with van der Waals surface area (Å²) < 4.78 is 15.3. The van der Waals surface area contributed by atoms with Crippen LogP contribution in [0.1, 0.15) is 32.4 Å². The number of halogens is 2. The first-order valence-electron chi connectivity index (χ1n) is 8.55. The average Bonchev–Trinajstić information content (AvgIpc) is 2.71. The van der Waals surface area contributed by atoms with Crippen molar-refractivity contribution in [2.75, 3.05) is 5.32 Å². The lowest BCUT2D eigenvalue weighted by molar-refractivity contribution is 0.0487. The van der Waals surface area contributed by atoms with E-state index in [0.717, 1.165) is 9.48 Å². The molecule has 0 saturated carbocycles. The van der Waals surface area contributed by atoms with Gasteiger partial charge in [-0.2, -0.15) is 0 Å². The molecule has 0 radical (unpaired) electrons. The van der Waals surface area contributed by atoms with Gasteiger partial charge >= 0.3 is 0 Å². The molecule has 0 bridgehead atoms. The minimum atomic E-state index is -0.886. The lowest BCUT2D eigenvalue weighted by atomic mass is 10.0. The third kappa shape index (κ3) is 3.36. The number of hydrazine groups is 1. The van der Waals surface area contributed by atoms with Gasteiger partial charge in [0.05, 0.1) is 5.56 Å². The maximum atomic E-state index is 14.5. The summed E-state index contributed by atoms with van der Waals surface area (Å²) in [4.78, 5) is 25.8. The van der Waals surface area contributed by atoms with E-state index in [4.69, 9.17) is 0 Å². The van der Waals surface area contributed by atoms with Gasteiger partial charge in [-0.3, -0.25) is 15.0 Å². The molecule has 7 heteroatoms. The van der Waals surface area contributed by atoms with Crippen molar-refractivity contribution in [2.45, 2.75) is 6.17 Å². The highest BCUT2D eigenvalue weighted by atomic mass is 79.9. The predicted octanol–water partition coefficient (Wildman–Crippen LogP) is 4.50. The molecule has 140 valence electrons. The van der Waals surface area contributed by atoms with Crippen LogP contribution in [-0.4, -0.2) is 16.8 Å². The summed E-state index contributed by atoms with van der Waals surface area (Å²) in [5.74, 6) is -1.37. The molecule has 1 heterocycles. The lowest BCUT2D eigenvalue weighted by Crippen LogP contribution is -2.53. The molecule has 0 spiro atoms. The summed E-state index contributed by atoms with van der Waals surface area (Å²) in [5, 5.41) is 4.27. The van der Waals surface area contributed by atoms with Crippen molar-refractivity contribution in [1.29, 1.82) is 0 Å². The van der Waals surface area contributed by atoms with Gasteiger partial charge in [-0.15, -0.1) is 0 Å². The molecule has 2 N–H and O–H groups in total. The van der Waals surface area contributed by atoms with Crippen LogP contribution in [0.2, 0.25) is 0 Å². The Hall–Kier alpha value is -3.19. The maximum absolute atomic E-state index is 14.5. The van der Waals surface area contributed by atoms with Crippen molar-refractivity contribution in [3.8, 4) is 0 Å². The first kappa shape index (κ1) is 18.2. The van der Waals surface area contributed by atoms with Gasteiger partial charge < -0.3 is 5.32 Å². The summed E-state index contributed by atoms with van der Waals surface area (Å²) in [6.07, 6.45) is -0.886. The van der Waals surface area contributed by atoms with Gasteiger partial charge in [-0.1, -0.05) is 46.3 Å². The molecule has 0 unspecified atom stereocenters. The molecule has 3 aromatic rings. The van der Waals surface area contributed by atoms with Crippen LogP contribution in [0.15, 0.2) is 77.3 Å². The summed E-state index contributed by atoms with van der Waals surface area (Å²) in [6.45, 7) is 0. The molecule has 2 amide bonds.